The first-order valence-electron chi connectivity index (χ1n) is 6.20. The van der Waals surface area contributed by atoms with Gasteiger partial charge in [-0.15, -0.1) is 0 Å². The Kier molecular flexibility index (Phi) is 4.01. The van der Waals surface area contributed by atoms with Crippen molar-refractivity contribution < 1.29 is 8.42 Å². The minimum Gasteiger partial charge on any atom is -0.397 e. The Labute approximate surface area is 129 Å². The normalized spacial score (nSPS) is 12.1. The lowest BCUT2D eigenvalue weighted by atomic mass is 10.2. The second kappa shape index (κ2) is 5.32. The highest BCUT2D eigenvalue weighted by Gasteiger charge is 2.19. The van der Waals surface area contributed by atoms with Crippen LogP contribution in [0.3, 0.4) is 0 Å². The fraction of sp³-hybridized carbons (Fsp3) is 0.308. The van der Waals surface area contributed by atoms with Crippen LogP contribution in [0.2, 0.25) is 5.02 Å². The quantitative estimate of drug-likeness (QED) is 0.873. The standard InChI is InChI=1S/C13H17ClN4O2S/c1-8-13(14)9(2)18(16-8)12-6-5-10(7-11(12)15)21(19,20)17(3)4/h5-7H,15H2,1-4H3. The highest BCUT2D eigenvalue weighted by molar-refractivity contribution is 7.89. The predicted octanol–water partition coefficient (Wildman–Crippen LogP) is 1.98. The second-order valence-electron chi connectivity index (χ2n) is 4.90. The summed E-state index contributed by atoms with van der Waals surface area (Å²) in [6.07, 6.45) is 0. The van der Waals surface area contributed by atoms with E-state index in [1.54, 1.807) is 17.7 Å². The molecule has 1 aromatic carbocycles. The van der Waals surface area contributed by atoms with E-state index in [4.69, 9.17) is 17.3 Å². The van der Waals surface area contributed by atoms with Crippen LogP contribution in [-0.2, 0) is 10.0 Å². The van der Waals surface area contributed by atoms with Crippen molar-refractivity contribution in [3.63, 3.8) is 0 Å². The highest BCUT2D eigenvalue weighted by atomic mass is 35.5. The van der Waals surface area contributed by atoms with Crippen molar-refractivity contribution >= 4 is 27.3 Å². The number of sulfonamides is 1. The molecule has 8 heteroatoms. The molecule has 0 fully saturated rings. The Morgan fingerprint density at radius 1 is 1.29 bits per heavy atom. The minimum atomic E-state index is -3.51. The van der Waals surface area contributed by atoms with E-state index >= 15 is 0 Å². The van der Waals surface area contributed by atoms with Gasteiger partial charge in [0.15, 0.2) is 0 Å². The maximum absolute atomic E-state index is 12.1. The summed E-state index contributed by atoms with van der Waals surface area (Å²) in [6, 6.07) is 4.56. The molecule has 0 spiro atoms. The van der Waals surface area contributed by atoms with Crippen molar-refractivity contribution in [2.45, 2.75) is 18.7 Å². The van der Waals surface area contributed by atoms with Gasteiger partial charge in [-0.25, -0.2) is 17.4 Å². The first kappa shape index (κ1) is 15.8. The van der Waals surface area contributed by atoms with Crippen LogP contribution >= 0.6 is 11.6 Å². The molecular weight excluding hydrogens is 312 g/mol. The van der Waals surface area contributed by atoms with Crippen LogP contribution in [0.1, 0.15) is 11.4 Å². The van der Waals surface area contributed by atoms with Crippen molar-refractivity contribution in [2.24, 2.45) is 0 Å². The van der Waals surface area contributed by atoms with Crippen LogP contribution < -0.4 is 5.73 Å². The molecule has 2 rings (SSSR count). The van der Waals surface area contributed by atoms with Gasteiger partial charge in [0, 0.05) is 14.1 Å². The van der Waals surface area contributed by atoms with Crippen LogP contribution in [0, 0.1) is 13.8 Å². The summed E-state index contributed by atoms with van der Waals surface area (Å²) in [5.74, 6) is 0. The van der Waals surface area contributed by atoms with Gasteiger partial charge in [0.25, 0.3) is 0 Å². The van der Waals surface area contributed by atoms with Crippen molar-refractivity contribution in [1.82, 2.24) is 14.1 Å². The third-order valence-electron chi connectivity index (χ3n) is 3.21. The molecule has 0 bridgehead atoms. The third-order valence-corrected chi connectivity index (χ3v) is 5.57. The first-order valence-corrected chi connectivity index (χ1v) is 8.02. The molecule has 2 aromatic rings. The predicted molar refractivity (Wildman–Crippen MR) is 83.3 cm³/mol. The van der Waals surface area contributed by atoms with E-state index in [-0.39, 0.29) is 4.90 Å². The van der Waals surface area contributed by atoms with Crippen molar-refractivity contribution in [3.05, 3.63) is 34.6 Å². The second-order valence-corrected chi connectivity index (χ2v) is 7.43. The molecule has 0 aliphatic carbocycles. The number of hydrogen-bond donors (Lipinski definition) is 1. The third kappa shape index (κ3) is 2.64. The monoisotopic (exact) mass is 328 g/mol. The zero-order valence-electron chi connectivity index (χ0n) is 12.3. The van der Waals surface area contributed by atoms with Gasteiger partial charge < -0.3 is 5.73 Å². The molecule has 0 saturated carbocycles. The van der Waals surface area contributed by atoms with E-state index in [0.717, 1.165) is 10.00 Å². The number of nitrogens with two attached hydrogens (primary N) is 1. The maximum Gasteiger partial charge on any atom is 0.242 e. The van der Waals surface area contributed by atoms with E-state index < -0.39 is 10.0 Å². The van der Waals surface area contributed by atoms with Gasteiger partial charge >= 0.3 is 0 Å². The van der Waals surface area contributed by atoms with Gasteiger partial charge in [0.1, 0.15) is 0 Å². The average Bonchev–Trinajstić information content (AvgIpc) is 2.66. The molecular formula is C13H17ClN4O2S. The molecule has 0 saturated heterocycles. The number of aryl methyl sites for hydroxylation is 1. The maximum atomic E-state index is 12.1. The Hall–Kier alpha value is -1.57. The van der Waals surface area contributed by atoms with E-state index in [9.17, 15) is 8.42 Å². The Morgan fingerprint density at radius 2 is 1.90 bits per heavy atom. The van der Waals surface area contributed by atoms with Crippen molar-refractivity contribution in [2.75, 3.05) is 19.8 Å². The zero-order valence-corrected chi connectivity index (χ0v) is 13.8. The fourth-order valence-corrected chi connectivity index (χ4v) is 3.01. The summed E-state index contributed by atoms with van der Waals surface area (Å²) >= 11 is 6.12. The number of aromatic nitrogens is 2. The Balaban J connectivity index is 2.57. The molecule has 6 nitrogen and oxygen atoms in total. The van der Waals surface area contributed by atoms with Crippen molar-refractivity contribution in [1.29, 1.82) is 0 Å². The Morgan fingerprint density at radius 3 is 2.33 bits per heavy atom. The summed E-state index contributed by atoms with van der Waals surface area (Å²) in [5, 5.41) is 4.88. The molecule has 0 amide bonds. The molecule has 0 unspecified atom stereocenters. The lowest BCUT2D eigenvalue weighted by Gasteiger charge is -2.14. The number of halogens is 1. The van der Waals surface area contributed by atoms with Crippen LogP contribution in [0.5, 0.6) is 0 Å². The van der Waals surface area contributed by atoms with Crippen LogP contribution in [-0.4, -0.2) is 36.6 Å². The average molecular weight is 329 g/mol. The summed E-state index contributed by atoms with van der Waals surface area (Å²) < 4.78 is 26.9. The topological polar surface area (TPSA) is 81.2 Å². The first-order chi connectivity index (χ1) is 9.66. The number of rotatable bonds is 3. The van der Waals surface area contributed by atoms with Crippen LogP contribution in [0.15, 0.2) is 23.1 Å². The SMILES string of the molecule is Cc1nn(-c2ccc(S(=O)(=O)N(C)C)cc2N)c(C)c1Cl. The van der Waals surface area contributed by atoms with Gasteiger partial charge in [-0.3, -0.25) is 0 Å². The number of anilines is 1. The molecule has 0 aliphatic rings. The fourth-order valence-electron chi connectivity index (χ4n) is 1.95. The summed E-state index contributed by atoms with van der Waals surface area (Å²) in [4.78, 5) is 0.140. The minimum absolute atomic E-state index is 0.140. The van der Waals surface area contributed by atoms with E-state index in [1.165, 1.54) is 26.2 Å². The highest BCUT2D eigenvalue weighted by Crippen LogP contribution is 2.27. The van der Waals surface area contributed by atoms with Crippen LogP contribution in [0.4, 0.5) is 5.69 Å². The lowest BCUT2D eigenvalue weighted by molar-refractivity contribution is 0.521. The van der Waals surface area contributed by atoms with Gasteiger partial charge in [-0.2, -0.15) is 5.10 Å². The van der Waals surface area contributed by atoms with Crippen LogP contribution in [0.25, 0.3) is 5.69 Å². The van der Waals surface area contributed by atoms with Gasteiger partial charge in [0.05, 0.1) is 32.7 Å². The molecule has 114 valence electrons. The van der Waals surface area contributed by atoms with Gasteiger partial charge in [-0.1, -0.05) is 11.6 Å². The summed E-state index contributed by atoms with van der Waals surface area (Å²) in [5.41, 5.74) is 8.36. The number of benzene rings is 1. The molecule has 0 atom stereocenters. The molecule has 0 aliphatic heterocycles. The number of hydrogen-bond acceptors (Lipinski definition) is 4. The summed E-state index contributed by atoms with van der Waals surface area (Å²) in [6.45, 7) is 3.62. The van der Waals surface area contributed by atoms with Gasteiger partial charge in [0.2, 0.25) is 10.0 Å². The number of nitrogens with zero attached hydrogens (tertiary/aromatic N) is 3. The Bertz CT molecular complexity index is 797. The smallest absolute Gasteiger partial charge is 0.242 e. The largest absolute Gasteiger partial charge is 0.397 e. The van der Waals surface area contributed by atoms with Crippen molar-refractivity contribution in [3.8, 4) is 5.69 Å². The summed E-state index contributed by atoms with van der Waals surface area (Å²) in [7, 11) is -0.569. The molecule has 21 heavy (non-hydrogen) atoms. The molecule has 1 heterocycles. The zero-order chi connectivity index (χ0) is 15.9. The molecule has 1 aromatic heterocycles. The lowest BCUT2D eigenvalue weighted by Crippen LogP contribution is -2.22. The molecule has 2 N–H and O–H groups in total. The number of nitrogen functional groups attached to an aromatic ring is 1. The van der Waals surface area contributed by atoms with E-state index in [2.05, 4.69) is 5.10 Å². The van der Waals surface area contributed by atoms with Gasteiger partial charge in [-0.05, 0) is 32.0 Å². The van der Waals surface area contributed by atoms with E-state index in [0.29, 0.717) is 22.1 Å². The molecule has 0 radical (unpaired) electrons. The van der Waals surface area contributed by atoms with E-state index in [1.807, 2.05) is 6.92 Å².